The summed E-state index contributed by atoms with van der Waals surface area (Å²) in [4.78, 5) is 0. The minimum atomic E-state index is -0.489. The fourth-order valence-electron chi connectivity index (χ4n) is 1.34. The Morgan fingerprint density at radius 3 is 2.94 bits per heavy atom. The summed E-state index contributed by atoms with van der Waals surface area (Å²) in [6.45, 7) is 4.15. The highest BCUT2D eigenvalue weighted by Crippen LogP contribution is 2.13. The second-order valence-corrected chi connectivity index (χ2v) is 3.70. The van der Waals surface area contributed by atoms with Crippen molar-refractivity contribution >= 4 is 5.69 Å². The predicted molar refractivity (Wildman–Crippen MR) is 65.3 cm³/mol. The first-order valence-electron chi connectivity index (χ1n) is 5.79. The summed E-state index contributed by atoms with van der Waals surface area (Å²) in [7, 11) is 0. The van der Waals surface area contributed by atoms with Crippen LogP contribution in [0, 0.1) is 17.1 Å². The minimum Gasteiger partial charge on any atom is -0.383 e. The highest BCUT2D eigenvalue weighted by molar-refractivity contribution is 5.49. The van der Waals surface area contributed by atoms with E-state index >= 15 is 0 Å². The van der Waals surface area contributed by atoms with Crippen LogP contribution >= 0.6 is 0 Å². The highest BCUT2D eigenvalue weighted by atomic mass is 19.1. The van der Waals surface area contributed by atoms with Gasteiger partial charge in [0.15, 0.2) is 0 Å². The van der Waals surface area contributed by atoms with Gasteiger partial charge < -0.3 is 10.1 Å². The Bertz CT molecular complexity index is 387. The van der Waals surface area contributed by atoms with Crippen molar-refractivity contribution in [3.8, 4) is 6.07 Å². The van der Waals surface area contributed by atoms with E-state index in [1.807, 2.05) is 6.07 Å². The van der Waals surface area contributed by atoms with Gasteiger partial charge in [-0.2, -0.15) is 5.26 Å². The molecule has 1 rings (SSSR count). The molecule has 0 amide bonds. The molecule has 1 N–H and O–H groups in total. The maximum Gasteiger partial charge on any atom is 0.141 e. The van der Waals surface area contributed by atoms with Crippen LogP contribution in [-0.2, 0) is 4.74 Å². The molecule has 0 unspecified atom stereocenters. The molecular formula is C13H17FN2O. The minimum absolute atomic E-state index is 0.0573. The number of rotatable bonds is 7. The smallest absolute Gasteiger partial charge is 0.141 e. The zero-order valence-corrected chi connectivity index (χ0v) is 10.0. The van der Waals surface area contributed by atoms with Crippen LogP contribution in [-0.4, -0.2) is 19.8 Å². The van der Waals surface area contributed by atoms with Crippen molar-refractivity contribution in [2.45, 2.75) is 19.8 Å². The Kier molecular flexibility index (Phi) is 6.05. The lowest BCUT2D eigenvalue weighted by molar-refractivity contribution is 0.141. The fraction of sp³-hybridized carbons (Fsp3) is 0.462. The monoisotopic (exact) mass is 236 g/mol. The Labute approximate surface area is 101 Å². The van der Waals surface area contributed by atoms with E-state index in [-0.39, 0.29) is 5.56 Å². The highest BCUT2D eigenvalue weighted by Gasteiger charge is 2.01. The lowest BCUT2D eigenvalue weighted by Crippen LogP contribution is -2.10. The van der Waals surface area contributed by atoms with Gasteiger partial charge in [-0.05, 0) is 24.6 Å². The van der Waals surface area contributed by atoms with Crippen molar-refractivity contribution in [2.24, 2.45) is 0 Å². The molecule has 3 nitrogen and oxygen atoms in total. The predicted octanol–water partition coefficient (Wildman–Crippen LogP) is 2.93. The van der Waals surface area contributed by atoms with Gasteiger partial charge in [-0.3, -0.25) is 0 Å². The van der Waals surface area contributed by atoms with Crippen molar-refractivity contribution in [1.82, 2.24) is 0 Å². The van der Waals surface area contributed by atoms with Crippen LogP contribution in [0.25, 0.3) is 0 Å². The lowest BCUT2D eigenvalue weighted by Gasteiger charge is -2.07. The molecule has 0 heterocycles. The number of anilines is 1. The Morgan fingerprint density at radius 1 is 1.41 bits per heavy atom. The first kappa shape index (κ1) is 13.5. The zero-order chi connectivity index (χ0) is 12.5. The first-order chi connectivity index (χ1) is 8.27. The van der Waals surface area contributed by atoms with Crippen molar-refractivity contribution in [3.05, 3.63) is 29.6 Å². The fourth-order valence-corrected chi connectivity index (χ4v) is 1.34. The van der Waals surface area contributed by atoms with Gasteiger partial charge in [0.1, 0.15) is 11.9 Å². The quantitative estimate of drug-likeness (QED) is 0.740. The number of unbranched alkanes of at least 4 members (excludes halogenated alkanes) is 1. The Balaban J connectivity index is 2.30. The summed E-state index contributed by atoms with van der Waals surface area (Å²) in [5.74, 6) is -0.489. The molecule has 0 aromatic heterocycles. The second kappa shape index (κ2) is 7.64. The molecule has 1 aromatic carbocycles. The third-order valence-electron chi connectivity index (χ3n) is 2.30. The molecule has 0 aliphatic heterocycles. The summed E-state index contributed by atoms with van der Waals surface area (Å²) in [5.41, 5.74) is 0.795. The summed E-state index contributed by atoms with van der Waals surface area (Å²) >= 11 is 0. The largest absolute Gasteiger partial charge is 0.383 e. The van der Waals surface area contributed by atoms with E-state index in [2.05, 4.69) is 12.2 Å². The van der Waals surface area contributed by atoms with Crippen LogP contribution < -0.4 is 5.32 Å². The molecule has 0 aliphatic rings. The van der Waals surface area contributed by atoms with Crippen LogP contribution in [0.3, 0.4) is 0 Å². The van der Waals surface area contributed by atoms with Gasteiger partial charge in [0.2, 0.25) is 0 Å². The van der Waals surface area contributed by atoms with Crippen molar-refractivity contribution < 1.29 is 9.13 Å². The van der Waals surface area contributed by atoms with E-state index in [0.29, 0.717) is 13.2 Å². The van der Waals surface area contributed by atoms with Crippen molar-refractivity contribution in [3.63, 3.8) is 0 Å². The van der Waals surface area contributed by atoms with Gasteiger partial charge in [0.25, 0.3) is 0 Å². The van der Waals surface area contributed by atoms with Crippen LogP contribution in [0.5, 0.6) is 0 Å². The average Bonchev–Trinajstić information content (AvgIpc) is 2.35. The van der Waals surface area contributed by atoms with Crippen LogP contribution in [0.15, 0.2) is 18.2 Å². The zero-order valence-electron chi connectivity index (χ0n) is 10.0. The number of hydrogen-bond donors (Lipinski definition) is 1. The Hall–Kier alpha value is -1.60. The van der Waals surface area contributed by atoms with Crippen molar-refractivity contribution in [1.29, 1.82) is 5.26 Å². The molecule has 0 radical (unpaired) electrons. The summed E-state index contributed by atoms with van der Waals surface area (Å²) in [5, 5.41) is 11.7. The summed E-state index contributed by atoms with van der Waals surface area (Å²) < 4.78 is 18.4. The molecule has 4 heteroatoms. The molecule has 92 valence electrons. The average molecular weight is 236 g/mol. The molecule has 17 heavy (non-hydrogen) atoms. The topological polar surface area (TPSA) is 45.0 Å². The molecular weight excluding hydrogens is 219 g/mol. The van der Waals surface area contributed by atoms with E-state index in [1.54, 1.807) is 6.07 Å². The number of nitrogens with zero attached hydrogens (tertiary/aromatic N) is 1. The number of nitrogens with one attached hydrogen (secondary N) is 1. The van der Waals surface area contributed by atoms with Gasteiger partial charge >= 0.3 is 0 Å². The maximum atomic E-state index is 13.0. The Morgan fingerprint density at radius 2 is 2.24 bits per heavy atom. The van der Waals surface area contributed by atoms with Crippen LogP contribution in [0.4, 0.5) is 10.1 Å². The molecule has 0 fully saturated rings. The van der Waals surface area contributed by atoms with Gasteiger partial charge in [-0.1, -0.05) is 13.3 Å². The number of hydrogen-bond acceptors (Lipinski definition) is 3. The maximum absolute atomic E-state index is 13.0. The molecule has 0 atom stereocenters. The van der Waals surface area contributed by atoms with E-state index in [0.717, 1.165) is 25.1 Å². The van der Waals surface area contributed by atoms with E-state index < -0.39 is 5.82 Å². The van der Waals surface area contributed by atoms with Crippen LogP contribution in [0.2, 0.25) is 0 Å². The molecule has 0 saturated carbocycles. The number of halogens is 1. The summed E-state index contributed by atoms with van der Waals surface area (Å²) in [6, 6.07) is 6.21. The van der Waals surface area contributed by atoms with E-state index in [9.17, 15) is 4.39 Å². The third-order valence-corrected chi connectivity index (χ3v) is 2.30. The molecule has 0 saturated heterocycles. The first-order valence-corrected chi connectivity index (χ1v) is 5.79. The van der Waals surface area contributed by atoms with Crippen molar-refractivity contribution in [2.75, 3.05) is 25.1 Å². The van der Waals surface area contributed by atoms with Gasteiger partial charge in [-0.25, -0.2) is 4.39 Å². The summed E-state index contributed by atoms with van der Waals surface area (Å²) in [6.07, 6.45) is 2.19. The number of benzene rings is 1. The van der Waals surface area contributed by atoms with Gasteiger partial charge in [0, 0.05) is 18.8 Å². The molecule has 1 aromatic rings. The standard InChI is InChI=1S/C13H17FN2O/c1-2-3-7-17-8-6-16-12-4-5-13(14)11(9-12)10-15/h4-5,9,16H,2-3,6-8H2,1H3. The molecule has 0 bridgehead atoms. The SMILES string of the molecule is CCCCOCCNc1ccc(F)c(C#N)c1. The third kappa shape index (κ3) is 4.83. The van der Waals surface area contributed by atoms with E-state index in [4.69, 9.17) is 10.00 Å². The number of ether oxygens (including phenoxy) is 1. The molecule has 0 aliphatic carbocycles. The van der Waals surface area contributed by atoms with Crippen LogP contribution in [0.1, 0.15) is 25.3 Å². The molecule has 0 spiro atoms. The van der Waals surface area contributed by atoms with Gasteiger partial charge in [0.05, 0.1) is 12.2 Å². The normalized spacial score (nSPS) is 9.94. The van der Waals surface area contributed by atoms with E-state index in [1.165, 1.54) is 12.1 Å². The van der Waals surface area contributed by atoms with Gasteiger partial charge in [-0.15, -0.1) is 0 Å². The number of nitriles is 1. The second-order valence-electron chi connectivity index (χ2n) is 3.70. The lowest BCUT2D eigenvalue weighted by atomic mass is 10.2.